The molecule has 176 valence electrons. The van der Waals surface area contributed by atoms with Gasteiger partial charge >= 0.3 is 18.0 Å². The number of amides is 4. The number of ether oxygens (including phenoxy) is 1. The third-order valence-electron chi connectivity index (χ3n) is 5.04. The molecular formula is C21H22N8O4S. The minimum atomic E-state index is -0.620. The number of aromatic nitrogens is 4. The third kappa shape index (κ3) is 5.81. The molecule has 0 saturated carbocycles. The second-order valence-corrected chi connectivity index (χ2v) is 8.51. The molecule has 1 unspecified atom stereocenters. The number of carbonyl (C=O) groups excluding carboxylic acids is 3. The quantitative estimate of drug-likeness (QED) is 0.467. The maximum atomic E-state index is 13.1. The first kappa shape index (κ1) is 23.0. The number of likely N-dealkylation sites (tertiary alicyclic amines) is 1. The number of carbonyl (C=O) groups is 3. The molecule has 4 N–H and O–H groups in total. The van der Waals surface area contributed by atoms with Gasteiger partial charge in [0.2, 0.25) is 0 Å². The van der Waals surface area contributed by atoms with Crippen LogP contribution in [0.25, 0.3) is 10.4 Å². The maximum absolute atomic E-state index is 13.1. The van der Waals surface area contributed by atoms with Crippen molar-refractivity contribution in [2.45, 2.75) is 25.4 Å². The summed E-state index contributed by atoms with van der Waals surface area (Å²) < 4.78 is 5.72. The predicted molar refractivity (Wildman–Crippen MR) is 124 cm³/mol. The zero-order chi connectivity index (χ0) is 23.9. The molecule has 1 aliphatic heterocycles. The van der Waals surface area contributed by atoms with Crippen LogP contribution in [-0.4, -0.2) is 62.1 Å². The van der Waals surface area contributed by atoms with Gasteiger partial charge in [-0.25, -0.2) is 29.3 Å². The summed E-state index contributed by atoms with van der Waals surface area (Å²) in [5.41, 5.74) is 6.28. The van der Waals surface area contributed by atoms with E-state index in [0.717, 1.165) is 12.8 Å². The van der Waals surface area contributed by atoms with Crippen molar-refractivity contribution in [2.24, 2.45) is 5.73 Å². The van der Waals surface area contributed by atoms with Crippen LogP contribution in [0.15, 0.2) is 43.4 Å². The normalized spacial score (nSPS) is 15.8. The number of nitrogens with two attached hydrogens (primary N) is 1. The van der Waals surface area contributed by atoms with Crippen LogP contribution in [0.2, 0.25) is 0 Å². The van der Waals surface area contributed by atoms with E-state index in [0.29, 0.717) is 23.4 Å². The van der Waals surface area contributed by atoms with E-state index >= 15 is 0 Å². The Kier molecular flexibility index (Phi) is 7.22. The van der Waals surface area contributed by atoms with E-state index < -0.39 is 24.1 Å². The SMILES string of the molecule is NC(=O)N1CCCCC(OC(=O)c2cc(-c3cncnc3)sc2NC(=O)Nc2cnccn2)C1. The topological polar surface area (TPSA) is 165 Å². The largest absolute Gasteiger partial charge is 0.457 e. The highest BCUT2D eigenvalue weighted by molar-refractivity contribution is 7.20. The summed E-state index contributed by atoms with van der Waals surface area (Å²) in [7, 11) is 0. The molecule has 1 aliphatic rings. The molecule has 0 bridgehead atoms. The summed E-state index contributed by atoms with van der Waals surface area (Å²) >= 11 is 1.18. The standard InChI is InChI=1S/C21H22N8O4S/c22-20(31)29-6-2-1-3-14(11-29)33-19(30)15-7-16(13-8-24-12-25-9-13)34-18(15)28-21(32)27-17-10-23-4-5-26-17/h4-5,7-10,12,14H,1-3,6,11H2,(H2,22,31)(H2,26,27,28,32). The first-order valence-corrected chi connectivity index (χ1v) is 11.3. The first-order valence-electron chi connectivity index (χ1n) is 10.5. The number of rotatable bonds is 5. The van der Waals surface area contributed by atoms with Crippen LogP contribution in [0.3, 0.4) is 0 Å². The maximum Gasteiger partial charge on any atom is 0.341 e. The monoisotopic (exact) mass is 482 g/mol. The Morgan fingerprint density at radius 1 is 1.09 bits per heavy atom. The van der Waals surface area contributed by atoms with Gasteiger partial charge in [0, 0.05) is 41.8 Å². The molecule has 1 fully saturated rings. The highest BCUT2D eigenvalue weighted by atomic mass is 32.1. The van der Waals surface area contributed by atoms with Gasteiger partial charge in [-0.15, -0.1) is 11.3 Å². The van der Waals surface area contributed by atoms with E-state index in [-0.39, 0.29) is 22.9 Å². The van der Waals surface area contributed by atoms with Gasteiger partial charge < -0.3 is 15.4 Å². The van der Waals surface area contributed by atoms with Crippen molar-refractivity contribution in [1.29, 1.82) is 0 Å². The van der Waals surface area contributed by atoms with Crippen molar-refractivity contribution < 1.29 is 19.1 Å². The minimum absolute atomic E-state index is 0.174. The molecule has 3 aromatic heterocycles. The van der Waals surface area contributed by atoms with E-state index in [1.54, 1.807) is 18.5 Å². The summed E-state index contributed by atoms with van der Waals surface area (Å²) in [5.74, 6) is -0.368. The summed E-state index contributed by atoms with van der Waals surface area (Å²) in [5, 5.41) is 5.53. The fraction of sp³-hybridized carbons (Fsp3) is 0.286. The van der Waals surface area contributed by atoms with Crippen LogP contribution in [0.5, 0.6) is 0 Å². The number of esters is 1. The lowest BCUT2D eigenvalue weighted by Crippen LogP contribution is -2.41. The lowest BCUT2D eigenvalue weighted by atomic mass is 10.2. The fourth-order valence-corrected chi connectivity index (χ4v) is 4.45. The lowest BCUT2D eigenvalue weighted by Gasteiger charge is -2.22. The van der Waals surface area contributed by atoms with Crippen LogP contribution in [0, 0.1) is 0 Å². The Labute approximate surface area is 198 Å². The minimum Gasteiger partial charge on any atom is -0.457 e. The molecule has 0 aliphatic carbocycles. The Morgan fingerprint density at radius 2 is 1.91 bits per heavy atom. The van der Waals surface area contributed by atoms with E-state index in [1.165, 1.54) is 41.2 Å². The van der Waals surface area contributed by atoms with Gasteiger partial charge in [0.15, 0.2) is 5.82 Å². The van der Waals surface area contributed by atoms with Gasteiger partial charge in [-0.1, -0.05) is 0 Å². The molecule has 4 rings (SSSR count). The van der Waals surface area contributed by atoms with Gasteiger partial charge in [-0.2, -0.15) is 0 Å². The van der Waals surface area contributed by atoms with Gasteiger partial charge in [-0.3, -0.25) is 15.6 Å². The zero-order valence-electron chi connectivity index (χ0n) is 18.0. The van der Waals surface area contributed by atoms with Crippen molar-refractivity contribution in [3.8, 4) is 10.4 Å². The van der Waals surface area contributed by atoms with Crippen LogP contribution in [0.1, 0.15) is 29.6 Å². The van der Waals surface area contributed by atoms with Crippen molar-refractivity contribution in [3.63, 3.8) is 0 Å². The average Bonchev–Trinajstić information content (AvgIpc) is 3.10. The molecule has 12 nitrogen and oxygen atoms in total. The molecule has 34 heavy (non-hydrogen) atoms. The third-order valence-corrected chi connectivity index (χ3v) is 6.14. The predicted octanol–water partition coefficient (Wildman–Crippen LogP) is 2.73. The highest BCUT2D eigenvalue weighted by Crippen LogP contribution is 2.36. The van der Waals surface area contributed by atoms with Crippen molar-refractivity contribution in [3.05, 3.63) is 48.9 Å². The second-order valence-electron chi connectivity index (χ2n) is 7.46. The molecule has 1 saturated heterocycles. The highest BCUT2D eigenvalue weighted by Gasteiger charge is 2.27. The van der Waals surface area contributed by atoms with Crippen LogP contribution >= 0.6 is 11.3 Å². The Hall–Kier alpha value is -4.13. The molecule has 4 amide bonds. The Bertz CT molecular complexity index is 1160. The number of nitrogens with one attached hydrogen (secondary N) is 2. The number of primary amides is 1. The van der Waals surface area contributed by atoms with Gasteiger partial charge in [0.05, 0.1) is 18.3 Å². The molecule has 0 radical (unpaired) electrons. The lowest BCUT2D eigenvalue weighted by molar-refractivity contribution is 0.0242. The fourth-order valence-electron chi connectivity index (χ4n) is 3.43. The van der Waals surface area contributed by atoms with E-state index in [4.69, 9.17) is 10.5 Å². The average molecular weight is 483 g/mol. The number of thiophene rings is 1. The molecule has 3 aromatic rings. The number of hydrogen-bond acceptors (Lipinski definition) is 9. The van der Waals surface area contributed by atoms with Gasteiger partial charge in [0.25, 0.3) is 0 Å². The first-order chi connectivity index (χ1) is 16.5. The van der Waals surface area contributed by atoms with Crippen LogP contribution in [-0.2, 0) is 4.74 Å². The summed E-state index contributed by atoms with van der Waals surface area (Å²) in [6.07, 6.45) is 10.6. The summed E-state index contributed by atoms with van der Waals surface area (Å²) in [6, 6.07) is 0.473. The van der Waals surface area contributed by atoms with Crippen molar-refractivity contribution >= 4 is 40.2 Å². The van der Waals surface area contributed by atoms with Crippen LogP contribution < -0.4 is 16.4 Å². The van der Waals surface area contributed by atoms with E-state index in [9.17, 15) is 14.4 Å². The number of urea groups is 2. The Balaban J connectivity index is 1.55. The molecule has 13 heteroatoms. The van der Waals surface area contributed by atoms with Gasteiger partial charge in [-0.05, 0) is 25.3 Å². The molecule has 0 aromatic carbocycles. The number of hydrogen-bond donors (Lipinski definition) is 3. The van der Waals surface area contributed by atoms with Crippen molar-refractivity contribution in [2.75, 3.05) is 23.7 Å². The molecule has 4 heterocycles. The number of nitrogens with zero attached hydrogens (tertiary/aromatic N) is 5. The molecule has 0 spiro atoms. The smallest absolute Gasteiger partial charge is 0.341 e. The molecule has 1 atom stereocenters. The summed E-state index contributed by atoms with van der Waals surface area (Å²) in [4.78, 5) is 55.3. The second kappa shape index (κ2) is 10.7. The van der Waals surface area contributed by atoms with Gasteiger partial charge in [0.1, 0.15) is 17.4 Å². The number of anilines is 2. The summed E-state index contributed by atoms with van der Waals surface area (Å²) in [6.45, 7) is 0.746. The van der Waals surface area contributed by atoms with E-state index in [2.05, 4.69) is 30.6 Å². The zero-order valence-corrected chi connectivity index (χ0v) is 18.8. The van der Waals surface area contributed by atoms with Crippen molar-refractivity contribution in [1.82, 2.24) is 24.8 Å². The van der Waals surface area contributed by atoms with E-state index in [1.807, 2.05) is 0 Å². The Morgan fingerprint density at radius 3 is 2.65 bits per heavy atom. The van der Waals surface area contributed by atoms with Crippen LogP contribution in [0.4, 0.5) is 20.4 Å². The molecular weight excluding hydrogens is 460 g/mol.